The Bertz CT molecular complexity index is 469. The zero-order valence-corrected chi connectivity index (χ0v) is 11.1. The molecule has 0 bridgehead atoms. The highest BCUT2D eigenvalue weighted by molar-refractivity contribution is 7.10. The van der Waals surface area contributed by atoms with Gasteiger partial charge in [-0.25, -0.2) is 0 Å². The summed E-state index contributed by atoms with van der Waals surface area (Å²) in [4.78, 5) is 1.31. The van der Waals surface area contributed by atoms with Gasteiger partial charge in [0.15, 0.2) is 0 Å². The molecule has 2 aromatic heterocycles. The van der Waals surface area contributed by atoms with E-state index in [0.29, 0.717) is 24.2 Å². The largest absolute Gasteiger partial charge is 0.408 e. The number of anilines is 1. The molecular weight excluding hydrogens is 258 g/mol. The number of halogens is 1. The lowest BCUT2D eigenvalue weighted by molar-refractivity contribution is 0.512. The monoisotopic (exact) mass is 271 g/mol. The van der Waals surface area contributed by atoms with Gasteiger partial charge in [0.25, 0.3) is 0 Å². The fourth-order valence-corrected chi connectivity index (χ4v) is 2.58. The first-order valence-electron chi connectivity index (χ1n) is 5.51. The highest BCUT2D eigenvalue weighted by atomic mass is 35.5. The standard InChI is InChI=1S/C11H14ClN3OS/c1-2-8-4-6-17-9(8)7-13-11-15-14-10(16-11)3-5-12/h4,6H,2-3,5,7H2,1H3,(H,13,15). The van der Waals surface area contributed by atoms with Gasteiger partial charge < -0.3 is 9.73 Å². The number of thiophene rings is 1. The zero-order valence-electron chi connectivity index (χ0n) is 9.57. The molecule has 0 fully saturated rings. The second-order valence-electron chi connectivity index (χ2n) is 3.52. The molecule has 0 unspecified atom stereocenters. The molecule has 4 nitrogen and oxygen atoms in total. The van der Waals surface area contributed by atoms with Crippen LogP contribution >= 0.6 is 22.9 Å². The predicted octanol–water partition coefficient (Wildman–Crippen LogP) is 3.09. The second kappa shape index (κ2) is 6.02. The Kier molecular flexibility index (Phi) is 4.39. The molecule has 0 amide bonds. The van der Waals surface area contributed by atoms with Gasteiger partial charge in [-0.1, -0.05) is 12.0 Å². The Balaban J connectivity index is 1.93. The molecule has 1 N–H and O–H groups in total. The molecule has 2 aromatic rings. The number of alkyl halides is 1. The maximum Gasteiger partial charge on any atom is 0.315 e. The number of nitrogens with zero attached hydrogens (tertiary/aromatic N) is 2. The van der Waals surface area contributed by atoms with Crippen molar-refractivity contribution in [2.45, 2.75) is 26.3 Å². The van der Waals surface area contributed by atoms with Crippen molar-refractivity contribution in [3.8, 4) is 0 Å². The number of aromatic nitrogens is 2. The molecule has 0 radical (unpaired) electrons. The van der Waals surface area contributed by atoms with Crippen molar-refractivity contribution in [3.63, 3.8) is 0 Å². The molecule has 0 spiro atoms. The lowest BCUT2D eigenvalue weighted by atomic mass is 10.2. The van der Waals surface area contributed by atoms with E-state index in [1.165, 1.54) is 10.4 Å². The van der Waals surface area contributed by atoms with Gasteiger partial charge in [0, 0.05) is 17.2 Å². The summed E-state index contributed by atoms with van der Waals surface area (Å²) in [6.45, 7) is 2.88. The molecule has 0 saturated carbocycles. The van der Waals surface area contributed by atoms with Crippen LogP contribution in [0.5, 0.6) is 0 Å². The number of hydrogen-bond donors (Lipinski definition) is 1. The van der Waals surface area contributed by atoms with Crippen LogP contribution < -0.4 is 5.32 Å². The first kappa shape index (κ1) is 12.4. The van der Waals surface area contributed by atoms with Gasteiger partial charge in [-0.2, -0.15) is 0 Å². The van der Waals surface area contributed by atoms with Crippen molar-refractivity contribution in [1.29, 1.82) is 0 Å². The van der Waals surface area contributed by atoms with Crippen LogP contribution in [0, 0.1) is 0 Å². The molecule has 2 rings (SSSR count). The fraction of sp³-hybridized carbons (Fsp3) is 0.455. The van der Waals surface area contributed by atoms with Gasteiger partial charge in [0.05, 0.1) is 6.54 Å². The summed E-state index contributed by atoms with van der Waals surface area (Å²) in [5, 5.41) is 13.0. The minimum atomic E-state index is 0.459. The fourth-order valence-electron chi connectivity index (χ4n) is 1.50. The molecular formula is C11H14ClN3OS. The first-order valence-corrected chi connectivity index (χ1v) is 6.92. The Morgan fingerprint density at radius 3 is 3.12 bits per heavy atom. The summed E-state index contributed by atoms with van der Waals surface area (Å²) < 4.78 is 5.38. The summed E-state index contributed by atoms with van der Waals surface area (Å²) in [7, 11) is 0. The topological polar surface area (TPSA) is 51.0 Å². The van der Waals surface area contributed by atoms with Crippen LogP contribution in [0.1, 0.15) is 23.3 Å². The third-order valence-corrected chi connectivity index (χ3v) is 3.55. The minimum Gasteiger partial charge on any atom is -0.408 e. The Morgan fingerprint density at radius 1 is 1.47 bits per heavy atom. The zero-order chi connectivity index (χ0) is 12.1. The van der Waals surface area contributed by atoms with E-state index in [0.717, 1.165) is 13.0 Å². The average molecular weight is 272 g/mol. The molecule has 92 valence electrons. The smallest absolute Gasteiger partial charge is 0.315 e. The SMILES string of the molecule is CCc1ccsc1CNc1nnc(CCCl)o1. The summed E-state index contributed by atoms with van der Waals surface area (Å²) in [6.07, 6.45) is 1.65. The third-order valence-electron chi connectivity index (χ3n) is 2.39. The summed E-state index contributed by atoms with van der Waals surface area (Å²) >= 11 is 7.33. The first-order chi connectivity index (χ1) is 8.33. The van der Waals surface area contributed by atoms with E-state index in [-0.39, 0.29) is 0 Å². The molecule has 0 aliphatic carbocycles. The lowest BCUT2D eigenvalue weighted by Crippen LogP contribution is -1.99. The van der Waals surface area contributed by atoms with Gasteiger partial charge in [-0.15, -0.1) is 28.0 Å². The summed E-state index contributed by atoms with van der Waals surface area (Å²) in [5.74, 6) is 1.07. The second-order valence-corrected chi connectivity index (χ2v) is 4.89. The predicted molar refractivity (Wildman–Crippen MR) is 69.7 cm³/mol. The van der Waals surface area contributed by atoms with E-state index in [1.54, 1.807) is 11.3 Å². The van der Waals surface area contributed by atoms with Gasteiger partial charge in [0.1, 0.15) is 0 Å². The van der Waals surface area contributed by atoms with E-state index in [9.17, 15) is 0 Å². The Labute approximate surface area is 109 Å². The molecule has 0 aliphatic rings. The highest BCUT2D eigenvalue weighted by Crippen LogP contribution is 2.18. The van der Waals surface area contributed by atoms with Crippen LogP contribution in [0.3, 0.4) is 0 Å². The van der Waals surface area contributed by atoms with E-state index < -0.39 is 0 Å². The van der Waals surface area contributed by atoms with Crippen molar-refractivity contribution in [2.24, 2.45) is 0 Å². The molecule has 17 heavy (non-hydrogen) atoms. The van der Waals surface area contributed by atoms with Crippen molar-refractivity contribution >= 4 is 29.0 Å². The van der Waals surface area contributed by atoms with Crippen LogP contribution in [0.15, 0.2) is 15.9 Å². The van der Waals surface area contributed by atoms with E-state index >= 15 is 0 Å². The summed E-state index contributed by atoms with van der Waals surface area (Å²) in [5.41, 5.74) is 1.36. The molecule has 0 atom stereocenters. The van der Waals surface area contributed by atoms with E-state index in [1.807, 2.05) is 0 Å². The van der Waals surface area contributed by atoms with Crippen LogP contribution in [-0.2, 0) is 19.4 Å². The molecule has 0 saturated heterocycles. The molecule has 2 heterocycles. The lowest BCUT2D eigenvalue weighted by Gasteiger charge is -2.01. The van der Waals surface area contributed by atoms with Crippen molar-refractivity contribution in [3.05, 3.63) is 27.8 Å². The van der Waals surface area contributed by atoms with Gasteiger partial charge in [-0.05, 0) is 23.4 Å². The quantitative estimate of drug-likeness (QED) is 0.821. The van der Waals surface area contributed by atoms with Crippen molar-refractivity contribution in [2.75, 3.05) is 11.2 Å². The van der Waals surface area contributed by atoms with Crippen molar-refractivity contribution in [1.82, 2.24) is 10.2 Å². The van der Waals surface area contributed by atoms with Crippen LogP contribution in [-0.4, -0.2) is 16.1 Å². The number of hydrogen-bond acceptors (Lipinski definition) is 5. The number of rotatable bonds is 6. The van der Waals surface area contributed by atoms with E-state index in [2.05, 4.69) is 33.9 Å². The van der Waals surface area contributed by atoms with Crippen LogP contribution in [0.2, 0.25) is 0 Å². The molecule has 6 heteroatoms. The Morgan fingerprint density at radius 2 is 2.35 bits per heavy atom. The molecule has 0 aliphatic heterocycles. The minimum absolute atomic E-state index is 0.459. The highest BCUT2D eigenvalue weighted by Gasteiger charge is 2.07. The maximum atomic E-state index is 5.60. The van der Waals surface area contributed by atoms with Crippen molar-refractivity contribution < 1.29 is 4.42 Å². The third kappa shape index (κ3) is 3.20. The van der Waals surface area contributed by atoms with Gasteiger partial charge in [0.2, 0.25) is 5.89 Å². The number of nitrogens with one attached hydrogen (secondary N) is 1. The van der Waals surface area contributed by atoms with Gasteiger partial charge >= 0.3 is 6.01 Å². The van der Waals surface area contributed by atoms with Crippen LogP contribution in [0.25, 0.3) is 0 Å². The van der Waals surface area contributed by atoms with Gasteiger partial charge in [-0.3, -0.25) is 0 Å². The average Bonchev–Trinajstić information content (AvgIpc) is 2.95. The Hall–Kier alpha value is -1.07. The summed E-state index contributed by atoms with van der Waals surface area (Å²) in [6, 6.07) is 2.61. The van der Waals surface area contributed by atoms with E-state index in [4.69, 9.17) is 16.0 Å². The van der Waals surface area contributed by atoms with Crippen LogP contribution in [0.4, 0.5) is 6.01 Å². The maximum absolute atomic E-state index is 5.60. The number of aryl methyl sites for hydroxylation is 2. The normalized spacial score (nSPS) is 10.7. The molecule has 0 aromatic carbocycles.